The lowest BCUT2D eigenvalue weighted by atomic mass is 10.0. The topological polar surface area (TPSA) is 84.3 Å². The highest BCUT2D eigenvalue weighted by molar-refractivity contribution is 7.89. The van der Waals surface area contributed by atoms with E-state index < -0.39 is 10.0 Å². The molecule has 8 heteroatoms. The van der Waals surface area contributed by atoms with Crippen LogP contribution in [0.5, 0.6) is 0 Å². The third-order valence-corrected chi connectivity index (χ3v) is 7.47. The van der Waals surface area contributed by atoms with Crippen molar-refractivity contribution in [2.75, 3.05) is 19.6 Å². The van der Waals surface area contributed by atoms with Crippen molar-refractivity contribution >= 4 is 15.9 Å². The molecule has 0 saturated carbocycles. The van der Waals surface area contributed by atoms with E-state index in [2.05, 4.69) is 10.4 Å². The number of hydrogen-bond acceptors (Lipinski definition) is 4. The highest BCUT2D eigenvalue weighted by Gasteiger charge is 2.32. The Morgan fingerprint density at radius 3 is 2.60 bits per heavy atom. The average Bonchev–Trinajstić information content (AvgIpc) is 2.73. The molecule has 0 aromatic carbocycles. The Bertz CT molecular complexity index is 735. The molecule has 3 heterocycles. The number of piperidine rings is 1. The number of carbonyl (C=O) groups excluding carboxylic acids is 1. The van der Waals surface area contributed by atoms with Crippen molar-refractivity contribution < 1.29 is 13.2 Å². The van der Waals surface area contributed by atoms with Crippen molar-refractivity contribution in [2.45, 2.75) is 63.8 Å². The highest BCUT2D eigenvalue weighted by atomic mass is 32.2. The van der Waals surface area contributed by atoms with Crippen LogP contribution in [-0.4, -0.2) is 48.0 Å². The maximum Gasteiger partial charge on any atom is 0.246 e. The first kappa shape index (κ1) is 18.4. The fourth-order valence-corrected chi connectivity index (χ4v) is 5.77. The van der Waals surface area contributed by atoms with Gasteiger partial charge in [0.15, 0.2) is 0 Å². The second-order valence-electron chi connectivity index (χ2n) is 7.19. The number of hydrogen-bond donors (Lipinski definition) is 1. The number of aryl methyl sites for hydroxylation is 1. The fraction of sp³-hybridized carbons (Fsp3) is 0.765. The van der Waals surface area contributed by atoms with E-state index in [0.717, 1.165) is 32.1 Å². The van der Waals surface area contributed by atoms with Crippen LogP contribution in [0.2, 0.25) is 0 Å². The predicted molar refractivity (Wildman–Crippen MR) is 94.7 cm³/mol. The number of sulfonamides is 1. The van der Waals surface area contributed by atoms with Gasteiger partial charge in [0.25, 0.3) is 0 Å². The van der Waals surface area contributed by atoms with E-state index in [-0.39, 0.29) is 5.91 Å². The SMILES string of the molecule is Cc1nn(CC2CCNC(=O)CC2)c(C)c1S(=O)(=O)N1CCCCC1. The first-order valence-corrected chi connectivity index (χ1v) is 10.6. The zero-order chi connectivity index (χ0) is 18.0. The molecule has 0 bridgehead atoms. The lowest BCUT2D eigenvalue weighted by molar-refractivity contribution is -0.120. The fourth-order valence-electron chi connectivity index (χ4n) is 3.88. The third-order valence-electron chi connectivity index (χ3n) is 5.31. The van der Waals surface area contributed by atoms with Crippen LogP contribution in [0.25, 0.3) is 0 Å². The molecule has 2 fully saturated rings. The minimum Gasteiger partial charge on any atom is -0.356 e. The molecule has 3 rings (SSSR count). The van der Waals surface area contributed by atoms with Gasteiger partial charge in [-0.15, -0.1) is 0 Å². The summed E-state index contributed by atoms with van der Waals surface area (Å²) in [4.78, 5) is 11.9. The van der Waals surface area contributed by atoms with Crippen LogP contribution in [0.3, 0.4) is 0 Å². The van der Waals surface area contributed by atoms with Gasteiger partial charge >= 0.3 is 0 Å². The molecule has 1 aromatic heterocycles. The van der Waals surface area contributed by atoms with E-state index in [1.54, 1.807) is 11.2 Å². The molecular weight excluding hydrogens is 340 g/mol. The highest BCUT2D eigenvalue weighted by Crippen LogP contribution is 2.27. The molecule has 0 aliphatic carbocycles. The third kappa shape index (κ3) is 3.89. The van der Waals surface area contributed by atoms with Crippen molar-refractivity contribution in [3.63, 3.8) is 0 Å². The minimum atomic E-state index is -3.48. The normalized spacial score (nSPS) is 23.3. The summed E-state index contributed by atoms with van der Waals surface area (Å²) in [7, 11) is -3.48. The van der Waals surface area contributed by atoms with Crippen LogP contribution in [0.1, 0.15) is 49.9 Å². The summed E-state index contributed by atoms with van der Waals surface area (Å²) in [5, 5.41) is 7.41. The smallest absolute Gasteiger partial charge is 0.246 e. The quantitative estimate of drug-likeness (QED) is 0.875. The number of nitrogens with zero attached hydrogens (tertiary/aromatic N) is 3. The zero-order valence-corrected chi connectivity index (χ0v) is 15.9. The van der Waals surface area contributed by atoms with Gasteiger partial charge in [0.1, 0.15) is 4.90 Å². The van der Waals surface area contributed by atoms with Crippen molar-refractivity contribution in [3.8, 4) is 0 Å². The Morgan fingerprint density at radius 1 is 1.16 bits per heavy atom. The summed E-state index contributed by atoms with van der Waals surface area (Å²) < 4.78 is 29.5. The Morgan fingerprint density at radius 2 is 1.88 bits per heavy atom. The van der Waals surface area contributed by atoms with Crippen molar-refractivity contribution in [3.05, 3.63) is 11.4 Å². The van der Waals surface area contributed by atoms with E-state index >= 15 is 0 Å². The maximum atomic E-state index is 13.1. The van der Waals surface area contributed by atoms with Crippen LogP contribution in [0.15, 0.2) is 4.90 Å². The Kier molecular flexibility index (Phi) is 5.48. The first-order chi connectivity index (χ1) is 11.9. The van der Waals surface area contributed by atoms with Gasteiger partial charge in [0.05, 0.1) is 11.4 Å². The predicted octanol–water partition coefficient (Wildman–Crippen LogP) is 1.59. The van der Waals surface area contributed by atoms with E-state index in [9.17, 15) is 13.2 Å². The number of amides is 1. The molecular formula is C17H28N4O3S. The van der Waals surface area contributed by atoms with Gasteiger partial charge in [0, 0.05) is 32.6 Å². The second-order valence-corrected chi connectivity index (χ2v) is 9.06. The lowest BCUT2D eigenvalue weighted by Gasteiger charge is -2.26. The molecule has 25 heavy (non-hydrogen) atoms. The van der Waals surface area contributed by atoms with E-state index in [4.69, 9.17) is 0 Å². The van der Waals surface area contributed by atoms with E-state index in [0.29, 0.717) is 54.8 Å². The van der Waals surface area contributed by atoms with E-state index in [1.807, 2.05) is 11.6 Å². The van der Waals surface area contributed by atoms with Gasteiger partial charge in [-0.1, -0.05) is 6.42 Å². The Hall–Kier alpha value is -1.41. The largest absolute Gasteiger partial charge is 0.356 e. The zero-order valence-electron chi connectivity index (χ0n) is 15.1. The molecule has 140 valence electrons. The molecule has 1 amide bonds. The number of aromatic nitrogens is 2. The van der Waals surface area contributed by atoms with Gasteiger partial charge in [-0.2, -0.15) is 9.40 Å². The van der Waals surface area contributed by atoms with Crippen molar-refractivity contribution in [2.24, 2.45) is 5.92 Å². The Labute approximate surface area is 149 Å². The van der Waals surface area contributed by atoms with Gasteiger partial charge < -0.3 is 5.32 Å². The molecule has 2 aliphatic rings. The molecule has 0 spiro atoms. The van der Waals surface area contributed by atoms with Gasteiger partial charge in [-0.3, -0.25) is 9.48 Å². The number of rotatable bonds is 4. The lowest BCUT2D eigenvalue weighted by Crippen LogP contribution is -2.36. The molecule has 2 aliphatic heterocycles. The first-order valence-electron chi connectivity index (χ1n) is 9.20. The maximum absolute atomic E-state index is 13.1. The summed E-state index contributed by atoms with van der Waals surface area (Å²) in [6.45, 7) is 6.17. The molecule has 0 radical (unpaired) electrons. The van der Waals surface area contributed by atoms with Gasteiger partial charge in [0.2, 0.25) is 15.9 Å². The summed E-state index contributed by atoms with van der Waals surface area (Å²) in [6, 6.07) is 0. The molecule has 1 atom stereocenters. The molecule has 2 saturated heterocycles. The van der Waals surface area contributed by atoms with Crippen LogP contribution in [0, 0.1) is 19.8 Å². The summed E-state index contributed by atoms with van der Waals surface area (Å²) in [5.74, 6) is 0.437. The molecule has 7 nitrogen and oxygen atoms in total. The van der Waals surface area contributed by atoms with Gasteiger partial charge in [-0.05, 0) is 45.4 Å². The van der Waals surface area contributed by atoms with Crippen LogP contribution < -0.4 is 5.32 Å². The summed E-state index contributed by atoms with van der Waals surface area (Å²) in [5.41, 5.74) is 1.29. The van der Waals surface area contributed by atoms with Crippen molar-refractivity contribution in [1.82, 2.24) is 19.4 Å². The number of nitrogens with one attached hydrogen (secondary N) is 1. The summed E-state index contributed by atoms with van der Waals surface area (Å²) in [6.07, 6.45) is 5.19. The van der Waals surface area contributed by atoms with Crippen molar-refractivity contribution in [1.29, 1.82) is 0 Å². The Balaban J connectivity index is 1.81. The average molecular weight is 369 g/mol. The van der Waals surface area contributed by atoms with Crippen LogP contribution >= 0.6 is 0 Å². The molecule has 1 N–H and O–H groups in total. The minimum absolute atomic E-state index is 0.101. The van der Waals surface area contributed by atoms with E-state index in [1.165, 1.54) is 0 Å². The summed E-state index contributed by atoms with van der Waals surface area (Å²) >= 11 is 0. The van der Waals surface area contributed by atoms with Gasteiger partial charge in [-0.25, -0.2) is 8.42 Å². The number of carbonyl (C=O) groups is 1. The van der Waals surface area contributed by atoms with Crippen LogP contribution in [-0.2, 0) is 21.4 Å². The monoisotopic (exact) mass is 368 g/mol. The second kappa shape index (κ2) is 7.45. The van der Waals surface area contributed by atoms with Crippen LogP contribution in [0.4, 0.5) is 0 Å². The molecule has 1 unspecified atom stereocenters. The molecule has 1 aromatic rings. The standard InChI is InChI=1S/C17H28N4O3S/c1-13-17(25(23,24)20-10-4-3-5-11-20)14(2)21(19-13)12-15-6-7-16(22)18-9-8-15/h15H,3-12H2,1-2H3,(H,18,22).